The summed E-state index contributed by atoms with van der Waals surface area (Å²) in [5.74, 6) is 1.20. The predicted molar refractivity (Wildman–Crippen MR) is 105 cm³/mol. The van der Waals surface area contributed by atoms with Crippen molar-refractivity contribution in [2.45, 2.75) is 25.4 Å². The maximum absolute atomic E-state index is 13.0. The van der Waals surface area contributed by atoms with E-state index in [0.717, 1.165) is 38.3 Å². The van der Waals surface area contributed by atoms with Crippen molar-refractivity contribution in [2.75, 3.05) is 32.1 Å². The Morgan fingerprint density at radius 3 is 2.89 bits per heavy atom. The van der Waals surface area contributed by atoms with Gasteiger partial charge in [0.15, 0.2) is 0 Å². The molecule has 0 saturated carbocycles. The number of urea groups is 1. The lowest BCUT2D eigenvalue weighted by Crippen LogP contribution is -2.49. The number of nitrogens with zero attached hydrogens (tertiary/aromatic N) is 3. The van der Waals surface area contributed by atoms with Crippen molar-refractivity contribution in [1.29, 1.82) is 0 Å². The first-order valence-corrected chi connectivity index (χ1v) is 9.55. The fourth-order valence-corrected chi connectivity index (χ4v) is 4.24. The molecule has 2 aromatic rings. The Bertz CT molecular complexity index is 783. The monoisotopic (exact) mass is 366 g/mol. The van der Waals surface area contributed by atoms with E-state index in [-0.39, 0.29) is 12.1 Å². The Kier molecular flexibility index (Phi) is 5.25. The number of fused-ring (bicyclic) bond motifs is 4. The maximum atomic E-state index is 13.0. The first-order chi connectivity index (χ1) is 13.2. The fourth-order valence-electron chi connectivity index (χ4n) is 4.24. The van der Waals surface area contributed by atoms with E-state index >= 15 is 0 Å². The molecule has 4 heterocycles. The molecule has 3 fully saturated rings. The van der Waals surface area contributed by atoms with E-state index in [1.165, 1.54) is 12.0 Å². The standard InChI is InChI=1S/C21H26N4O2/c1-27-20-7-3-2-6-19(20)23-21(26)25-14-17-8-9-18(25)15-24(13-17)12-16-5-4-10-22-11-16/h2-7,10-11,17-18H,8-9,12-15H2,1H3,(H,23,26)/t17-,18+/m0/s1. The average Bonchev–Trinajstić information content (AvgIpc) is 3.00. The number of carbonyl (C=O) groups is 1. The van der Waals surface area contributed by atoms with Crippen LogP contribution in [0.15, 0.2) is 48.8 Å². The average molecular weight is 366 g/mol. The molecule has 0 spiro atoms. The Balaban J connectivity index is 1.45. The van der Waals surface area contributed by atoms with Gasteiger partial charge in [-0.15, -0.1) is 0 Å². The van der Waals surface area contributed by atoms with Crippen molar-refractivity contribution in [3.63, 3.8) is 0 Å². The molecule has 0 aliphatic carbocycles. The molecule has 3 aliphatic heterocycles. The molecule has 3 saturated heterocycles. The Morgan fingerprint density at radius 2 is 2.07 bits per heavy atom. The van der Waals surface area contributed by atoms with Gasteiger partial charge in [0.25, 0.3) is 0 Å². The highest BCUT2D eigenvalue weighted by Gasteiger charge is 2.37. The number of aromatic nitrogens is 1. The number of anilines is 1. The predicted octanol–water partition coefficient (Wildman–Crippen LogP) is 3.22. The molecule has 6 heteroatoms. The van der Waals surface area contributed by atoms with Crippen LogP contribution in [0.1, 0.15) is 18.4 Å². The minimum Gasteiger partial charge on any atom is -0.495 e. The molecule has 3 aliphatic rings. The van der Waals surface area contributed by atoms with Crippen LogP contribution in [-0.4, -0.2) is 53.6 Å². The number of para-hydroxylation sites is 2. The zero-order chi connectivity index (χ0) is 18.6. The Morgan fingerprint density at radius 1 is 1.19 bits per heavy atom. The lowest BCUT2D eigenvalue weighted by atomic mass is 9.95. The quantitative estimate of drug-likeness (QED) is 0.903. The van der Waals surface area contributed by atoms with Crippen LogP contribution < -0.4 is 10.1 Å². The number of methoxy groups -OCH3 is 1. The summed E-state index contributed by atoms with van der Waals surface area (Å²) in [6.45, 7) is 3.65. The van der Waals surface area contributed by atoms with Crippen LogP contribution in [0.4, 0.5) is 10.5 Å². The number of hydrogen-bond acceptors (Lipinski definition) is 4. The van der Waals surface area contributed by atoms with E-state index < -0.39 is 0 Å². The summed E-state index contributed by atoms with van der Waals surface area (Å²) >= 11 is 0. The van der Waals surface area contributed by atoms with E-state index in [4.69, 9.17) is 4.74 Å². The molecule has 142 valence electrons. The number of piperidine rings is 1. The number of hydrogen-bond donors (Lipinski definition) is 1. The first kappa shape index (κ1) is 17.8. The van der Waals surface area contributed by atoms with Gasteiger partial charge in [-0.3, -0.25) is 9.88 Å². The number of benzene rings is 1. The molecule has 1 N–H and O–H groups in total. The van der Waals surface area contributed by atoms with Crippen LogP contribution in [0.3, 0.4) is 0 Å². The molecule has 2 bridgehead atoms. The summed E-state index contributed by atoms with van der Waals surface area (Å²) in [7, 11) is 1.62. The van der Waals surface area contributed by atoms with Gasteiger partial charge in [0.2, 0.25) is 0 Å². The van der Waals surface area contributed by atoms with Crippen LogP contribution in [0, 0.1) is 5.92 Å². The first-order valence-electron chi connectivity index (χ1n) is 9.55. The highest BCUT2D eigenvalue weighted by atomic mass is 16.5. The van der Waals surface area contributed by atoms with Crippen LogP contribution in [0.25, 0.3) is 0 Å². The van der Waals surface area contributed by atoms with Crippen molar-refractivity contribution in [1.82, 2.24) is 14.8 Å². The van der Waals surface area contributed by atoms with E-state index in [2.05, 4.69) is 21.3 Å². The largest absolute Gasteiger partial charge is 0.495 e. The van der Waals surface area contributed by atoms with Crippen LogP contribution in [-0.2, 0) is 6.54 Å². The molecule has 1 aromatic heterocycles. The second-order valence-electron chi connectivity index (χ2n) is 7.44. The number of amides is 2. The third kappa shape index (κ3) is 4.06. The second kappa shape index (κ2) is 7.96. The van der Waals surface area contributed by atoms with Gasteiger partial charge < -0.3 is 15.0 Å². The normalized spacial score (nSPS) is 22.3. The Hall–Kier alpha value is -2.60. The second-order valence-corrected chi connectivity index (χ2v) is 7.44. The zero-order valence-electron chi connectivity index (χ0n) is 15.7. The van der Waals surface area contributed by atoms with Gasteiger partial charge in [-0.25, -0.2) is 4.79 Å². The third-order valence-corrected chi connectivity index (χ3v) is 5.53. The van der Waals surface area contributed by atoms with Gasteiger partial charge in [0.05, 0.1) is 12.8 Å². The highest BCUT2D eigenvalue weighted by molar-refractivity contribution is 5.91. The van der Waals surface area contributed by atoms with Crippen LogP contribution >= 0.6 is 0 Å². The highest BCUT2D eigenvalue weighted by Crippen LogP contribution is 2.30. The molecular weight excluding hydrogens is 340 g/mol. The summed E-state index contributed by atoms with van der Waals surface area (Å²) in [6.07, 6.45) is 5.98. The molecule has 2 atom stereocenters. The summed E-state index contributed by atoms with van der Waals surface area (Å²) in [6, 6.07) is 11.9. The van der Waals surface area contributed by atoms with E-state index in [1.54, 1.807) is 13.3 Å². The van der Waals surface area contributed by atoms with Gasteiger partial charge >= 0.3 is 6.03 Å². The van der Waals surface area contributed by atoms with Gasteiger partial charge in [-0.05, 0) is 42.5 Å². The lowest BCUT2D eigenvalue weighted by molar-refractivity contribution is 0.151. The molecule has 6 nitrogen and oxygen atoms in total. The minimum atomic E-state index is -0.0302. The number of nitrogens with one attached hydrogen (secondary N) is 1. The van der Waals surface area contributed by atoms with Crippen molar-refractivity contribution >= 4 is 11.7 Å². The lowest BCUT2D eigenvalue weighted by Gasteiger charge is -2.36. The van der Waals surface area contributed by atoms with Gasteiger partial charge in [-0.2, -0.15) is 0 Å². The van der Waals surface area contributed by atoms with Crippen LogP contribution in [0.5, 0.6) is 5.75 Å². The summed E-state index contributed by atoms with van der Waals surface area (Å²) in [5.41, 5.74) is 1.95. The smallest absolute Gasteiger partial charge is 0.322 e. The molecule has 2 amide bonds. The summed E-state index contributed by atoms with van der Waals surface area (Å²) in [4.78, 5) is 21.7. The summed E-state index contributed by atoms with van der Waals surface area (Å²) in [5, 5.41) is 3.04. The van der Waals surface area contributed by atoms with Gasteiger partial charge in [0, 0.05) is 44.6 Å². The molecule has 1 aromatic carbocycles. The van der Waals surface area contributed by atoms with Gasteiger partial charge in [-0.1, -0.05) is 18.2 Å². The molecule has 27 heavy (non-hydrogen) atoms. The SMILES string of the molecule is COc1ccccc1NC(=O)N1C[C@H]2CC[C@@H]1CN(Cc1cccnc1)C2. The zero-order valence-corrected chi connectivity index (χ0v) is 15.7. The molecule has 5 rings (SSSR count). The minimum absolute atomic E-state index is 0.0302. The van der Waals surface area contributed by atoms with Crippen LogP contribution in [0.2, 0.25) is 0 Å². The van der Waals surface area contributed by atoms with Crippen molar-refractivity contribution in [3.8, 4) is 5.75 Å². The molecular formula is C21H26N4O2. The van der Waals surface area contributed by atoms with E-state index in [9.17, 15) is 4.79 Å². The molecule has 0 radical (unpaired) electrons. The number of rotatable bonds is 4. The van der Waals surface area contributed by atoms with Crippen molar-refractivity contribution in [3.05, 3.63) is 54.4 Å². The van der Waals surface area contributed by atoms with E-state index in [1.807, 2.05) is 41.4 Å². The summed E-state index contributed by atoms with van der Waals surface area (Å²) < 4.78 is 5.36. The van der Waals surface area contributed by atoms with Crippen molar-refractivity contribution in [2.24, 2.45) is 5.92 Å². The van der Waals surface area contributed by atoms with Gasteiger partial charge in [0.1, 0.15) is 5.75 Å². The fraction of sp³-hybridized carbons (Fsp3) is 0.429. The van der Waals surface area contributed by atoms with Crippen molar-refractivity contribution < 1.29 is 9.53 Å². The third-order valence-electron chi connectivity index (χ3n) is 5.53. The maximum Gasteiger partial charge on any atom is 0.322 e. The number of pyridine rings is 1. The topological polar surface area (TPSA) is 57.7 Å². The van der Waals surface area contributed by atoms with E-state index in [0.29, 0.717) is 11.7 Å². The number of ether oxygens (including phenoxy) is 1. The number of carbonyl (C=O) groups excluding carboxylic acids is 1. The molecule has 0 unspecified atom stereocenters. The Labute approximate surface area is 160 Å².